The van der Waals surface area contributed by atoms with Gasteiger partial charge in [-0.2, -0.15) is 0 Å². The van der Waals surface area contributed by atoms with Gasteiger partial charge in [0, 0.05) is 23.6 Å². The van der Waals surface area contributed by atoms with Gasteiger partial charge in [-0.15, -0.1) is 11.3 Å². The van der Waals surface area contributed by atoms with Crippen LogP contribution in [0.3, 0.4) is 0 Å². The Balaban J connectivity index is 0.00000225. The fraction of sp³-hybridized carbons (Fsp3) is 0.200. The molecule has 3 aromatic heterocycles. The molecule has 0 radical (unpaired) electrons. The van der Waals surface area contributed by atoms with Crippen molar-refractivity contribution in [1.29, 1.82) is 0 Å². The Bertz CT molecular complexity index is 1230. The van der Waals surface area contributed by atoms with E-state index in [1.807, 2.05) is 6.20 Å². The van der Waals surface area contributed by atoms with Crippen LogP contribution < -0.4 is 0 Å². The molecule has 4 rings (SSSR count). The van der Waals surface area contributed by atoms with Crippen LogP contribution in [0.1, 0.15) is 20.8 Å². The zero-order chi connectivity index (χ0) is 19.2. The van der Waals surface area contributed by atoms with Gasteiger partial charge in [-0.25, -0.2) is 18.4 Å². The fourth-order valence-electron chi connectivity index (χ4n) is 2.94. The van der Waals surface area contributed by atoms with Crippen molar-refractivity contribution in [3.63, 3.8) is 0 Å². The third-order valence-electron chi connectivity index (χ3n) is 4.59. The molecule has 0 amide bonds. The Morgan fingerprint density at radius 1 is 1.15 bits per heavy atom. The first-order chi connectivity index (χ1) is 12.9. The maximum absolute atomic E-state index is 12.3. The van der Waals surface area contributed by atoms with Gasteiger partial charge in [0.25, 0.3) is 0 Å². The number of thiophene rings is 1. The normalized spacial score (nSPS) is 12.1. The molecule has 7 heteroatoms. The summed E-state index contributed by atoms with van der Waals surface area (Å²) < 4.78 is 24.6. The van der Waals surface area contributed by atoms with E-state index in [-0.39, 0.29) is 1.43 Å². The number of H-pyrrole nitrogens is 1. The molecule has 0 aliphatic heterocycles. The average molecular weight is 400 g/mol. The summed E-state index contributed by atoms with van der Waals surface area (Å²) in [6.07, 6.45) is 3.64. The van der Waals surface area contributed by atoms with E-state index in [2.05, 4.69) is 28.3 Å². The third-order valence-corrected chi connectivity index (χ3v) is 7.81. The first-order valence-corrected chi connectivity index (χ1v) is 11.0. The summed E-state index contributed by atoms with van der Waals surface area (Å²) in [7, 11) is -3.28. The van der Waals surface area contributed by atoms with E-state index in [9.17, 15) is 8.42 Å². The molecule has 3 heterocycles. The molecule has 0 fully saturated rings. The minimum Gasteiger partial charge on any atom is -0.344 e. The Labute approximate surface area is 163 Å². The van der Waals surface area contributed by atoms with Crippen molar-refractivity contribution in [2.75, 3.05) is 0 Å². The largest absolute Gasteiger partial charge is 0.344 e. The molecular formula is C20H21N3O2S2. The number of nitrogens with zero attached hydrogens (tertiary/aromatic N) is 2. The number of aryl methyl sites for hydroxylation is 1. The van der Waals surface area contributed by atoms with Gasteiger partial charge < -0.3 is 4.98 Å². The first kappa shape index (κ1) is 17.9. The third kappa shape index (κ3) is 3.07. The lowest BCUT2D eigenvalue weighted by molar-refractivity contribution is 0.587. The monoisotopic (exact) mass is 399 g/mol. The number of hydrogen-bond acceptors (Lipinski definition) is 5. The highest BCUT2D eigenvalue weighted by molar-refractivity contribution is 7.92. The van der Waals surface area contributed by atoms with E-state index in [1.165, 1.54) is 10.4 Å². The van der Waals surface area contributed by atoms with E-state index in [0.717, 1.165) is 22.3 Å². The maximum atomic E-state index is 12.3. The molecule has 0 bridgehead atoms. The molecule has 1 aromatic carbocycles. The Kier molecular flexibility index (Phi) is 4.36. The van der Waals surface area contributed by atoms with Crippen molar-refractivity contribution in [3.05, 3.63) is 53.7 Å². The number of rotatable bonds is 4. The van der Waals surface area contributed by atoms with Gasteiger partial charge >= 0.3 is 0 Å². The maximum Gasteiger partial charge on any atom is 0.180 e. The zero-order valence-corrected chi connectivity index (χ0v) is 16.9. The van der Waals surface area contributed by atoms with Crippen LogP contribution in [0.2, 0.25) is 0 Å². The second kappa shape index (κ2) is 6.58. The minimum atomic E-state index is -3.28. The lowest BCUT2D eigenvalue weighted by Crippen LogP contribution is -2.13. The van der Waals surface area contributed by atoms with E-state index < -0.39 is 15.1 Å². The molecule has 0 atom stereocenters. The summed E-state index contributed by atoms with van der Waals surface area (Å²) in [4.78, 5) is 14.0. The van der Waals surface area contributed by atoms with Crippen LogP contribution in [0.25, 0.3) is 32.9 Å². The van der Waals surface area contributed by atoms with Crippen molar-refractivity contribution >= 4 is 32.3 Å². The second-order valence-electron chi connectivity index (χ2n) is 6.71. The first-order valence-electron chi connectivity index (χ1n) is 8.61. The average Bonchev–Trinajstić information content (AvgIpc) is 3.26. The minimum absolute atomic E-state index is 0. The summed E-state index contributed by atoms with van der Waals surface area (Å²) >= 11 is 1.68. The molecule has 5 nitrogen and oxygen atoms in total. The van der Waals surface area contributed by atoms with Crippen molar-refractivity contribution in [2.24, 2.45) is 0 Å². The molecule has 140 valence electrons. The van der Waals surface area contributed by atoms with Crippen LogP contribution in [-0.2, 0) is 9.84 Å². The Morgan fingerprint density at radius 3 is 2.52 bits per heavy atom. The summed E-state index contributed by atoms with van der Waals surface area (Å²) in [5.41, 5.74) is 5.34. The van der Waals surface area contributed by atoms with Crippen LogP contribution in [0.5, 0.6) is 0 Å². The van der Waals surface area contributed by atoms with Crippen molar-refractivity contribution in [3.8, 4) is 21.7 Å². The summed E-state index contributed by atoms with van der Waals surface area (Å²) in [6, 6.07) is 8.93. The molecule has 0 aliphatic rings. The second-order valence-corrected chi connectivity index (χ2v) is 10.1. The summed E-state index contributed by atoms with van der Waals surface area (Å²) in [5, 5.41) is 1.62. The van der Waals surface area contributed by atoms with Crippen LogP contribution >= 0.6 is 11.3 Å². The van der Waals surface area contributed by atoms with E-state index in [1.54, 1.807) is 55.6 Å². The smallest absolute Gasteiger partial charge is 0.180 e. The highest BCUT2D eigenvalue weighted by atomic mass is 32.2. The molecule has 0 aliphatic carbocycles. The molecule has 0 saturated heterocycles. The van der Waals surface area contributed by atoms with Gasteiger partial charge in [-0.3, -0.25) is 0 Å². The highest BCUT2D eigenvalue weighted by Crippen LogP contribution is 2.34. The molecule has 0 saturated carbocycles. The topological polar surface area (TPSA) is 75.7 Å². The molecule has 0 spiro atoms. The van der Waals surface area contributed by atoms with E-state index >= 15 is 0 Å². The SMILES string of the molecule is Cc1ccsc1-c1c[nH]c2ncc(-c3ccc(S(=O)(=O)C(C)C)cc3)nc12.[HH]. The van der Waals surface area contributed by atoms with Crippen LogP contribution in [-0.4, -0.2) is 28.6 Å². The Hall–Kier alpha value is -2.51. The van der Waals surface area contributed by atoms with Gasteiger partial charge in [0.1, 0.15) is 5.52 Å². The predicted molar refractivity (Wildman–Crippen MR) is 112 cm³/mol. The van der Waals surface area contributed by atoms with Gasteiger partial charge in [0.05, 0.1) is 22.0 Å². The quantitative estimate of drug-likeness (QED) is 0.518. The number of sulfone groups is 1. The van der Waals surface area contributed by atoms with Gasteiger partial charge in [-0.1, -0.05) is 12.1 Å². The standard InChI is InChI=1S/C20H19N3O2S2.H2/c1-12(2)27(24,25)15-6-4-14(5-7-15)17-11-22-20-18(23-17)16(10-21-20)19-13(3)8-9-26-19;/h4-12H,1-3H3,(H,21,22);1H. The molecule has 0 unspecified atom stereocenters. The van der Waals surface area contributed by atoms with Crippen LogP contribution in [0, 0.1) is 6.92 Å². The number of aromatic nitrogens is 3. The number of nitrogens with one attached hydrogen (secondary N) is 1. The lowest BCUT2D eigenvalue weighted by atomic mass is 10.1. The highest BCUT2D eigenvalue weighted by Gasteiger charge is 2.19. The number of aromatic amines is 1. The molecule has 27 heavy (non-hydrogen) atoms. The van der Waals surface area contributed by atoms with Gasteiger partial charge in [-0.05, 0) is 49.9 Å². The molecule has 4 aromatic rings. The number of hydrogen-bond donors (Lipinski definition) is 1. The van der Waals surface area contributed by atoms with Gasteiger partial charge in [0.15, 0.2) is 15.5 Å². The van der Waals surface area contributed by atoms with E-state index in [0.29, 0.717) is 10.6 Å². The lowest BCUT2D eigenvalue weighted by Gasteiger charge is -2.08. The van der Waals surface area contributed by atoms with Crippen molar-refractivity contribution < 1.29 is 9.84 Å². The number of benzene rings is 1. The summed E-state index contributed by atoms with van der Waals surface area (Å²) in [5.74, 6) is 0. The number of fused-ring (bicyclic) bond motifs is 1. The molecular weight excluding hydrogens is 378 g/mol. The fourth-order valence-corrected chi connectivity index (χ4v) is 4.94. The van der Waals surface area contributed by atoms with Crippen molar-refractivity contribution in [2.45, 2.75) is 30.9 Å². The van der Waals surface area contributed by atoms with Crippen molar-refractivity contribution in [1.82, 2.24) is 15.0 Å². The van der Waals surface area contributed by atoms with E-state index in [4.69, 9.17) is 4.98 Å². The molecule has 1 N–H and O–H groups in total. The van der Waals surface area contributed by atoms with Crippen LogP contribution in [0.15, 0.2) is 53.0 Å². The Morgan fingerprint density at radius 2 is 1.89 bits per heavy atom. The zero-order valence-electron chi connectivity index (χ0n) is 15.2. The van der Waals surface area contributed by atoms with Gasteiger partial charge in [0.2, 0.25) is 0 Å². The summed E-state index contributed by atoms with van der Waals surface area (Å²) in [6.45, 7) is 5.45. The predicted octanol–water partition coefficient (Wildman–Crippen LogP) is 5.09. The van der Waals surface area contributed by atoms with Crippen LogP contribution in [0.4, 0.5) is 0 Å².